The topological polar surface area (TPSA) is 40.5 Å². The van der Waals surface area contributed by atoms with Gasteiger partial charge in [-0.1, -0.05) is 35.9 Å². The number of aliphatic hydroxyl groups is 1. The summed E-state index contributed by atoms with van der Waals surface area (Å²) in [7, 11) is 0. The van der Waals surface area contributed by atoms with E-state index in [-0.39, 0.29) is 5.91 Å². The first-order chi connectivity index (χ1) is 9.09. The van der Waals surface area contributed by atoms with Crippen molar-refractivity contribution in [1.82, 2.24) is 0 Å². The lowest BCUT2D eigenvalue weighted by atomic mass is 10.1. The number of amides is 1. The van der Waals surface area contributed by atoms with Crippen LogP contribution in [-0.4, -0.2) is 11.0 Å². The normalized spacial score (nSPS) is 17.7. The summed E-state index contributed by atoms with van der Waals surface area (Å²) in [5.74, 6) is -0.200. The van der Waals surface area contributed by atoms with E-state index in [2.05, 4.69) is 0 Å². The van der Waals surface area contributed by atoms with E-state index in [9.17, 15) is 9.90 Å². The van der Waals surface area contributed by atoms with Gasteiger partial charge in [-0.05, 0) is 30.7 Å². The maximum absolute atomic E-state index is 12.4. The molecule has 1 amide bonds. The van der Waals surface area contributed by atoms with Crippen LogP contribution in [0.15, 0.2) is 42.5 Å². The molecule has 2 aromatic carbocycles. The van der Waals surface area contributed by atoms with Crippen LogP contribution in [0.1, 0.15) is 27.7 Å². The second-order valence-corrected chi connectivity index (χ2v) is 5.00. The molecule has 0 fully saturated rings. The molecule has 0 saturated heterocycles. The summed E-state index contributed by atoms with van der Waals surface area (Å²) in [6.07, 6.45) is -0.958. The van der Waals surface area contributed by atoms with E-state index in [1.165, 1.54) is 4.90 Å². The minimum Gasteiger partial charge on any atom is -0.369 e. The lowest BCUT2D eigenvalue weighted by Gasteiger charge is -2.23. The third kappa shape index (κ3) is 1.82. The van der Waals surface area contributed by atoms with Gasteiger partial charge in [0.05, 0.1) is 5.69 Å². The maximum atomic E-state index is 12.4. The maximum Gasteiger partial charge on any atom is 0.261 e. The van der Waals surface area contributed by atoms with Crippen LogP contribution < -0.4 is 4.90 Å². The molecule has 96 valence electrons. The SMILES string of the molecule is Cc1ccc(Cl)cc1N1C(=O)c2ccccc2C1O. The van der Waals surface area contributed by atoms with Crippen molar-refractivity contribution >= 4 is 23.2 Å². The molecule has 1 N–H and O–H groups in total. The van der Waals surface area contributed by atoms with Gasteiger partial charge in [0.25, 0.3) is 5.91 Å². The molecule has 1 aliphatic heterocycles. The fraction of sp³-hybridized carbons (Fsp3) is 0.133. The van der Waals surface area contributed by atoms with Gasteiger partial charge in [0.15, 0.2) is 6.23 Å². The molecule has 1 atom stereocenters. The van der Waals surface area contributed by atoms with Crippen LogP contribution in [0.4, 0.5) is 5.69 Å². The van der Waals surface area contributed by atoms with Gasteiger partial charge < -0.3 is 5.11 Å². The molecule has 0 spiro atoms. The first-order valence-corrected chi connectivity index (χ1v) is 6.34. The predicted octanol–water partition coefficient (Wildman–Crippen LogP) is 3.30. The molecular formula is C15H12ClNO2. The van der Waals surface area contributed by atoms with Crippen LogP contribution in [0.5, 0.6) is 0 Å². The fourth-order valence-corrected chi connectivity index (χ4v) is 2.55. The van der Waals surface area contributed by atoms with Crippen molar-refractivity contribution in [3.05, 3.63) is 64.2 Å². The van der Waals surface area contributed by atoms with Crippen molar-refractivity contribution in [2.75, 3.05) is 4.90 Å². The zero-order valence-corrected chi connectivity index (χ0v) is 11.1. The van der Waals surface area contributed by atoms with Gasteiger partial charge in [0.1, 0.15) is 0 Å². The third-order valence-corrected chi connectivity index (χ3v) is 3.60. The number of rotatable bonds is 1. The van der Waals surface area contributed by atoms with Crippen LogP contribution in [0.3, 0.4) is 0 Å². The Balaban J connectivity index is 2.14. The Morgan fingerprint density at radius 2 is 1.95 bits per heavy atom. The average molecular weight is 274 g/mol. The van der Waals surface area contributed by atoms with Crippen molar-refractivity contribution in [3.63, 3.8) is 0 Å². The molecule has 2 aromatic rings. The summed E-state index contributed by atoms with van der Waals surface area (Å²) in [6, 6.07) is 12.4. The Morgan fingerprint density at radius 1 is 1.21 bits per heavy atom. The highest BCUT2D eigenvalue weighted by atomic mass is 35.5. The van der Waals surface area contributed by atoms with Crippen molar-refractivity contribution in [2.45, 2.75) is 13.2 Å². The zero-order valence-electron chi connectivity index (χ0n) is 10.3. The number of fused-ring (bicyclic) bond motifs is 1. The summed E-state index contributed by atoms with van der Waals surface area (Å²) in [4.78, 5) is 13.8. The molecule has 1 unspecified atom stereocenters. The van der Waals surface area contributed by atoms with E-state index in [1.54, 1.807) is 30.3 Å². The van der Waals surface area contributed by atoms with Crippen LogP contribution in [-0.2, 0) is 0 Å². The number of anilines is 1. The van der Waals surface area contributed by atoms with Crippen LogP contribution >= 0.6 is 11.6 Å². The molecular weight excluding hydrogens is 262 g/mol. The van der Waals surface area contributed by atoms with Gasteiger partial charge in [-0.3, -0.25) is 9.69 Å². The van der Waals surface area contributed by atoms with Crippen molar-refractivity contribution in [3.8, 4) is 0 Å². The Hall–Kier alpha value is -1.84. The molecule has 0 aromatic heterocycles. The molecule has 0 radical (unpaired) electrons. The van der Waals surface area contributed by atoms with E-state index >= 15 is 0 Å². The number of nitrogens with zero attached hydrogens (tertiary/aromatic N) is 1. The number of benzene rings is 2. The predicted molar refractivity (Wildman–Crippen MR) is 74.4 cm³/mol. The Kier molecular flexibility index (Phi) is 2.81. The lowest BCUT2D eigenvalue weighted by Crippen LogP contribution is -2.28. The van der Waals surface area contributed by atoms with E-state index in [1.807, 2.05) is 19.1 Å². The van der Waals surface area contributed by atoms with Crippen LogP contribution in [0.25, 0.3) is 0 Å². The van der Waals surface area contributed by atoms with Gasteiger partial charge in [-0.25, -0.2) is 0 Å². The van der Waals surface area contributed by atoms with Gasteiger partial charge >= 0.3 is 0 Å². The highest BCUT2D eigenvalue weighted by Gasteiger charge is 2.36. The average Bonchev–Trinajstić information content (AvgIpc) is 2.66. The van der Waals surface area contributed by atoms with Crippen molar-refractivity contribution < 1.29 is 9.90 Å². The number of aliphatic hydroxyl groups excluding tert-OH is 1. The van der Waals surface area contributed by atoms with Crippen LogP contribution in [0, 0.1) is 6.92 Å². The molecule has 0 bridgehead atoms. The highest BCUT2D eigenvalue weighted by molar-refractivity contribution is 6.31. The molecule has 4 heteroatoms. The Bertz CT molecular complexity index is 669. The van der Waals surface area contributed by atoms with Crippen molar-refractivity contribution in [2.24, 2.45) is 0 Å². The van der Waals surface area contributed by atoms with Crippen molar-refractivity contribution in [1.29, 1.82) is 0 Å². The zero-order chi connectivity index (χ0) is 13.6. The minimum atomic E-state index is -0.958. The van der Waals surface area contributed by atoms with E-state index in [4.69, 9.17) is 11.6 Å². The fourth-order valence-electron chi connectivity index (χ4n) is 2.38. The Morgan fingerprint density at radius 3 is 2.68 bits per heavy atom. The summed E-state index contributed by atoms with van der Waals surface area (Å²) in [5.41, 5.74) is 2.70. The number of carbonyl (C=O) groups is 1. The second-order valence-electron chi connectivity index (χ2n) is 4.57. The standard InChI is InChI=1S/C15H12ClNO2/c1-9-6-7-10(16)8-13(9)17-14(18)11-4-2-3-5-12(11)15(17)19/h2-8,14,18H,1H3. The first-order valence-electron chi connectivity index (χ1n) is 5.96. The van der Waals surface area contributed by atoms with E-state index in [0.29, 0.717) is 21.8 Å². The smallest absolute Gasteiger partial charge is 0.261 e. The van der Waals surface area contributed by atoms with E-state index < -0.39 is 6.23 Å². The largest absolute Gasteiger partial charge is 0.369 e. The number of hydrogen-bond acceptors (Lipinski definition) is 2. The number of hydrogen-bond donors (Lipinski definition) is 1. The van der Waals surface area contributed by atoms with Gasteiger partial charge in [-0.2, -0.15) is 0 Å². The minimum absolute atomic E-state index is 0.200. The summed E-state index contributed by atoms with van der Waals surface area (Å²) >= 11 is 5.98. The molecule has 3 nitrogen and oxygen atoms in total. The lowest BCUT2D eigenvalue weighted by molar-refractivity contribution is 0.0935. The van der Waals surface area contributed by atoms with Gasteiger partial charge in [-0.15, -0.1) is 0 Å². The quantitative estimate of drug-likeness (QED) is 0.866. The van der Waals surface area contributed by atoms with Crippen LogP contribution in [0.2, 0.25) is 5.02 Å². The molecule has 1 heterocycles. The van der Waals surface area contributed by atoms with Gasteiger partial charge in [0.2, 0.25) is 0 Å². The molecule has 1 aliphatic rings. The Labute approximate surface area is 116 Å². The number of carbonyl (C=O) groups excluding carboxylic acids is 1. The van der Waals surface area contributed by atoms with Gasteiger partial charge in [0, 0.05) is 16.1 Å². The first kappa shape index (κ1) is 12.2. The molecule has 0 saturated carbocycles. The number of halogens is 1. The second kappa shape index (κ2) is 4.37. The summed E-state index contributed by atoms with van der Waals surface area (Å²) in [6.45, 7) is 1.88. The number of aryl methyl sites for hydroxylation is 1. The van der Waals surface area contributed by atoms with E-state index in [0.717, 1.165) is 5.56 Å². The highest BCUT2D eigenvalue weighted by Crippen LogP contribution is 2.37. The summed E-state index contributed by atoms with van der Waals surface area (Å²) in [5, 5.41) is 10.9. The monoisotopic (exact) mass is 273 g/mol. The molecule has 0 aliphatic carbocycles. The third-order valence-electron chi connectivity index (χ3n) is 3.36. The summed E-state index contributed by atoms with van der Waals surface area (Å²) < 4.78 is 0. The molecule has 3 rings (SSSR count). The molecule has 19 heavy (non-hydrogen) atoms.